The first kappa shape index (κ1) is 18.5. The summed E-state index contributed by atoms with van der Waals surface area (Å²) < 4.78 is 0. The smallest absolute Gasteiger partial charge is 0.257 e. The van der Waals surface area contributed by atoms with Crippen molar-refractivity contribution in [1.29, 1.82) is 0 Å². The molecule has 3 heterocycles. The highest BCUT2D eigenvalue weighted by Crippen LogP contribution is 2.32. The van der Waals surface area contributed by atoms with E-state index in [0.717, 1.165) is 11.4 Å². The van der Waals surface area contributed by atoms with Gasteiger partial charge in [-0.1, -0.05) is 19.9 Å². The lowest BCUT2D eigenvalue weighted by atomic mass is 9.87. The van der Waals surface area contributed by atoms with Crippen LogP contribution < -0.4 is 0 Å². The predicted octanol–water partition coefficient (Wildman–Crippen LogP) is 2.74. The number of carbonyl (C=O) groups excluding carboxylic acids is 1. The molecule has 6 nitrogen and oxygen atoms in total. The van der Waals surface area contributed by atoms with Crippen molar-refractivity contribution in [1.82, 2.24) is 19.9 Å². The molecule has 138 valence electrons. The predicted molar refractivity (Wildman–Crippen MR) is 98.9 cm³/mol. The zero-order valence-corrected chi connectivity index (χ0v) is 15.9. The molecule has 0 unspecified atom stereocenters. The van der Waals surface area contributed by atoms with Gasteiger partial charge in [-0.2, -0.15) is 0 Å². The van der Waals surface area contributed by atoms with Gasteiger partial charge in [0.15, 0.2) is 0 Å². The Morgan fingerprint density at radius 3 is 2.38 bits per heavy atom. The van der Waals surface area contributed by atoms with E-state index in [1.54, 1.807) is 17.3 Å². The summed E-state index contributed by atoms with van der Waals surface area (Å²) in [6.45, 7) is 8.84. The Labute approximate surface area is 154 Å². The van der Waals surface area contributed by atoms with E-state index in [0.29, 0.717) is 42.9 Å². The summed E-state index contributed by atoms with van der Waals surface area (Å²) in [6, 6.07) is 3.82. The standard InChI is InChI=1S/C20H26N4O2/c1-13(2)18-22-12-16(15(4)23-18)19(25)24-9-7-20(26,8-10-24)17-6-5-14(3)11-21-17/h5-6,11-13,26H,7-10H2,1-4H3. The molecule has 2 aromatic heterocycles. The number of likely N-dealkylation sites (tertiary alicyclic amines) is 1. The molecule has 0 radical (unpaired) electrons. The van der Waals surface area contributed by atoms with E-state index in [9.17, 15) is 9.90 Å². The van der Waals surface area contributed by atoms with Gasteiger partial charge in [-0.15, -0.1) is 0 Å². The molecule has 0 saturated carbocycles. The number of rotatable bonds is 3. The van der Waals surface area contributed by atoms with E-state index in [1.165, 1.54) is 0 Å². The maximum atomic E-state index is 12.8. The Morgan fingerprint density at radius 1 is 1.15 bits per heavy atom. The number of aryl methyl sites for hydroxylation is 2. The van der Waals surface area contributed by atoms with E-state index >= 15 is 0 Å². The third-order valence-corrected chi connectivity index (χ3v) is 5.01. The quantitative estimate of drug-likeness (QED) is 0.917. The van der Waals surface area contributed by atoms with Crippen LogP contribution in [0.2, 0.25) is 0 Å². The number of aliphatic hydroxyl groups is 1. The first-order valence-corrected chi connectivity index (χ1v) is 9.08. The summed E-state index contributed by atoms with van der Waals surface area (Å²) in [5.41, 5.74) is 2.00. The lowest BCUT2D eigenvalue weighted by Gasteiger charge is -2.38. The SMILES string of the molecule is Cc1ccc(C2(O)CCN(C(=O)c3cnc(C(C)C)nc3C)CC2)nc1. The van der Waals surface area contributed by atoms with Crippen molar-refractivity contribution in [3.8, 4) is 0 Å². The highest BCUT2D eigenvalue weighted by Gasteiger charge is 2.37. The molecule has 1 fully saturated rings. The normalized spacial score (nSPS) is 16.8. The highest BCUT2D eigenvalue weighted by molar-refractivity contribution is 5.95. The van der Waals surface area contributed by atoms with E-state index in [4.69, 9.17) is 0 Å². The minimum Gasteiger partial charge on any atom is -0.383 e. The number of hydrogen-bond donors (Lipinski definition) is 1. The van der Waals surface area contributed by atoms with Crippen molar-refractivity contribution in [3.05, 3.63) is 52.9 Å². The molecular weight excluding hydrogens is 328 g/mol. The molecule has 0 bridgehead atoms. The Kier molecular flexibility index (Phi) is 5.05. The maximum absolute atomic E-state index is 12.8. The summed E-state index contributed by atoms with van der Waals surface area (Å²) in [6.07, 6.45) is 4.34. The van der Waals surface area contributed by atoms with Crippen LogP contribution >= 0.6 is 0 Å². The number of piperidine rings is 1. The molecule has 1 amide bonds. The van der Waals surface area contributed by atoms with E-state index in [1.807, 2.05) is 39.8 Å². The third-order valence-electron chi connectivity index (χ3n) is 5.01. The summed E-state index contributed by atoms with van der Waals surface area (Å²) in [5.74, 6) is 0.902. The average molecular weight is 354 g/mol. The number of nitrogens with zero attached hydrogens (tertiary/aromatic N) is 4. The average Bonchev–Trinajstić information content (AvgIpc) is 2.62. The second kappa shape index (κ2) is 7.11. The molecule has 1 aliphatic rings. The van der Waals surface area contributed by atoms with Gasteiger partial charge in [0.1, 0.15) is 11.4 Å². The van der Waals surface area contributed by atoms with E-state index in [2.05, 4.69) is 15.0 Å². The van der Waals surface area contributed by atoms with Crippen LogP contribution in [0.15, 0.2) is 24.5 Å². The number of hydrogen-bond acceptors (Lipinski definition) is 5. The Bertz CT molecular complexity index is 794. The van der Waals surface area contributed by atoms with Crippen molar-refractivity contribution < 1.29 is 9.90 Å². The maximum Gasteiger partial charge on any atom is 0.257 e. The molecule has 0 spiro atoms. The Hall–Kier alpha value is -2.34. The molecule has 1 N–H and O–H groups in total. The minimum atomic E-state index is -0.975. The fraction of sp³-hybridized carbons (Fsp3) is 0.500. The number of pyridine rings is 1. The van der Waals surface area contributed by atoms with Gasteiger partial charge in [0, 0.05) is 31.4 Å². The van der Waals surface area contributed by atoms with Gasteiger partial charge in [0.25, 0.3) is 5.91 Å². The zero-order chi connectivity index (χ0) is 18.9. The molecule has 2 aromatic rings. The molecule has 6 heteroatoms. The molecular formula is C20H26N4O2. The molecule has 1 aliphatic heterocycles. The van der Waals surface area contributed by atoms with Crippen LogP contribution in [0.3, 0.4) is 0 Å². The van der Waals surface area contributed by atoms with Gasteiger partial charge < -0.3 is 10.0 Å². The number of aromatic nitrogens is 3. The lowest BCUT2D eigenvalue weighted by Crippen LogP contribution is -2.45. The fourth-order valence-corrected chi connectivity index (χ4v) is 3.22. The molecule has 3 rings (SSSR count). The molecule has 0 atom stereocenters. The number of amides is 1. The second-order valence-corrected chi connectivity index (χ2v) is 7.43. The van der Waals surface area contributed by atoms with Gasteiger partial charge >= 0.3 is 0 Å². The van der Waals surface area contributed by atoms with Crippen LogP contribution in [0.1, 0.15) is 65.7 Å². The van der Waals surface area contributed by atoms with Crippen LogP contribution in [0, 0.1) is 13.8 Å². The van der Waals surface area contributed by atoms with Crippen molar-refractivity contribution in [2.45, 2.75) is 52.1 Å². The van der Waals surface area contributed by atoms with Gasteiger partial charge in [0.2, 0.25) is 0 Å². The summed E-state index contributed by atoms with van der Waals surface area (Å²) in [7, 11) is 0. The second-order valence-electron chi connectivity index (χ2n) is 7.43. The zero-order valence-electron chi connectivity index (χ0n) is 15.9. The lowest BCUT2D eigenvalue weighted by molar-refractivity contribution is -0.0244. The first-order chi connectivity index (χ1) is 12.3. The Balaban J connectivity index is 1.71. The van der Waals surface area contributed by atoms with E-state index < -0.39 is 5.60 Å². The van der Waals surface area contributed by atoms with Crippen LogP contribution in [0.25, 0.3) is 0 Å². The summed E-state index contributed by atoms with van der Waals surface area (Å²) in [5, 5.41) is 10.9. The summed E-state index contributed by atoms with van der Waals surface area (Å²) >= 11 is 0. The van der Waals surface area contributed by atoms with E-state index in [-0.39, 0.29) is 11.8 Å². The van der Waals surface area contributed by atoms with Gasteiger partial charge in [-0.3, -0.25) is 9.78 Å². The van der Waals surface area contributed by atoms with Crippen LogP contribution in [-0.2, 0) is 5.60 Å². The van der Waals surface area contributed by atoms with Crippen molar-refractivity contribution >= 4 is 5.91 Å². The van der Waals surface area contributed by atoms with Gasteiger partial charge in [-0.25, -0.2) is 9.97 Å². The molecule has 26 heavy (non-hydrogen) atoms. The summed E-state index contributed by atoms with van der Waals surface area (Å²) in [4.78, 5) is 27.8. The van der Waals surface area contributed by atoms with Gasteiger partial charge in [-0.05, 0) is 38.3 Å². The molecule has 0 aliphatic carbocycles. The molecule has 1 saturated heterocycles. The number of carbonyl (C=O) groups is 1. The van der Waals surface area contributed by atoms with Gasteiger partial charge in [0.05, 0.1) is 17.0 Å². The van der Waals surface area contributed by atoms with Crippen molar-refractivity contribution in [3.63, 3.8) is 0 Å². The van der Waals surface area contributed by atoms with Crippen LogP contribution in [-0.4, -0.2) is 44.0 Å². The first-order valence-electron chi connectivity index (χ1n) is 9.08. The highest BCUT2D eigenvalue weighted by atomic mass is 16.3. The van der Waals surface area contributed by atoms with Crippen LogP contribution in [0.4, 0.5) is 0 Å². The van der Waals surface area contributed by atoms with Crippen LogP contribution in [0.5, 0.6) is 0 Å². The monoisotopic (exact) mass is 354 g/mol. The largest absolute Gasteiger partial charge is 0.383 e. The topological polar surface area (TPSA) is 79.2 Å². The van der Waals surface area contributed by atoms with Crippen molar-refractivity contribution in [2.24, 2.45) is 0 Å². The third kappa shape index (κ3) is 3.60. The Morgan fingerprint density at radius 2 is 1.85 bits per heavy atom. The molecule has 0 aromatic carbocycles. The fourth-order valence-electron chi connectivity index (χ4n) is 3.22. The minimum absolute atomic E-state index is 0.0725. The van der Waals surface area contributed by atoms with Crippen molar-refractivity contribution in [2.75, 3.05) is 13.1 Å².